The third-order valence-electron chi connectivity index (χ3n) is 6.39. The molecule has 2 saturated heterocycles. The highest BCUT2D eigenvalue weighted by atomic mass is 35.5. The normalized spacial score (nSPS) is 25.6. The Morgan fingerprint density at radius 3 is 2.69 bits per heavy atom. The summed E-state index contributed by atoms with van der Waals surface area (Å²) in [5.41, 5.74) is 5.75. The summed E-state index contributed by atoms with van der Waals surface area (Å²) in [6.45, 7) is 3.05. The third-order valence-corrected chi connectivity index (χ3v) is 6.72. The van der Waals surface area contributed by atoms with Gasteiger partial charge < -0.3 is 9.64 Å². The maximum atomic E-state index is 13.5. The Kier molecular flexibility index (Phi) is 8.27. The van der Waals surface area contributed by atoms with Crippen molar-refractivity contribution in [3.63, 3.8) is 0 Å². The SMILES string of the molecule is CCCC1CC(CN(C)C(=O)CC2(c3ccccc3Cl)CC(=O)N(CCOC)C2=O)NN1. The predicted octanol–water partition coefficient (Wildman–Crippen LogP) is 1.87. The van der Waals surface area contributed by atoms with Crippen LogP contribution in [0.1, 0.15) is 44.6 Å². The summed E-state index contributed by atoms with van der Waals surface area (Å²) in [5.74, 6) is -0.898. The number of amides is 3. The number of hydrogen-bond donors (Lipinski definition) is 2. The third kappa shape index (κ3) is 5.14. The second-order valence-electron chi connectivity index (χ2n) is 8.74. The van der Waals surface area contributed by atoms with Crippen LogP contribution in [0, 0.1) is 0 Å². The van der Waals surface area contributed by atoms with Crippen LogP contribution in [-0.4, -0.2) is 73.5 Å². The van der Waals surface area contributed by atoms with Gasteiger partial charge in [-0.25, -0.2) is 0 Å². The molecule has 3 atom stereocenters. The standard InChI is InChI=1S/C23H33ClN4O4/c1-4-7-16-12-17(26-25-16)15-27(2)20(29)13-23(18-8-5-6-9-19(18)24)14-21(30)28(22(23)31)10-11-32-3/h5-6,8-9,16-17,25-26H,4,7,10-15H2,1-3H3. The smallest absolute Gasteiger partial charge is 0.241 e. The van der Waals surface area contributed by atoms with Crippen LogP contribution in [0.5, 0.6) is 0 Å². The lowest BCUT2D eigenvalue weighted by Gasteiger charge is -2.30. The van der Waals surface area contributed by atoms with E-state index in [4.69, 9.17) is 16.3 Å². The number of methoxy groups -OCH3 is 1. The number of ether oxygens (including phenoxy) is 1. The minimum Gasteiger partial charge on any atom is -0.383 e. The van der Waals surface area contributed by atoms with Crippen LogP contribution < -0.4 is 10.9 Å². The molecule has 2 aliphatic rings. The van der Waals surface area contributed by atoms with E-state index in [0.29, 0.717) is 23.2 Å². The Bertz CT molecular complexity index is 851. The molecule has 0 saturated carbocycles. The largest absolute Gasteiger partial charge is 0.383 e. The van der Waals surface area contributed by atoms with E-state index in [1.807, 2.05) is 0 Å². The fraction of sp³-hybridized carbons (Fsp3) is 0.609. The maximum Gasteiger partial charge on any atom is 0.241 e. The van der Waals surface area contributed by atoms with Gasteiger partial charge >= 0.3 is 0 Å². The lowest BCUT2D eigenvalue weighted by atomic mass is 9.75. The number of hydrogen-bond acceptors (Lipinski definition) is 6. The zero-order valence-corrected chi connectivity index (χ0v) is 19.8. The number of likely N-dealkylation sites (tertiary alicyclic amines) is 1. The summed E-state index contributed by atoms with van der Waals surface area (Å²) in [7, 11) is 3.25. The monoisotopic (exact) mass is 464 g/mol. The molecule has 0 bridgehead atoms. The van der Waals surface area contributed by atoms with Gasteiger partial charge in [0.15, 0.2) is 0 Å². The average Bonchev–Trinajstić information content (AvgIpc) is 3.29. The number of nitrogens with one attached hydrogen (secondary N) is 2. The van der Waals surface area contributed by atoms with E-state index in [1.54, 1.807) is 36.2 Å². The molecule has 3 rings (SSSR count). The molecule has 3 unspecified atom stereocenters. The first-order valence-corrected chi connectivity index (χ1v) is 11.5. The van der Waals surface area contributed by atoms with Gasteiger partial charge in [-0.05, 0) is 24.5 Å². The molecule has 2 fully saturated rings. The number of imide groups is 1. The fourth-order valence-electron chi connectivity index (χ4n) is 4.68. The van der Waals surface area contributed by atoms with E-state index in [0.717, 1.165) is 19.3 Å². The Labute approximate surface area is 194 Å². The average molecular weight is 465 g/mol. The topological polar surface area (TPSA) is 91.0 Å². The van der Waals surface area contributed by atoms with Crippen LogP contribution in [0.25, 0.3) is 0 Å². The van der Waals surface area contributed by atoms with Gasteiger partial charge in [-0.2, -0.15) is 0 Å². The minimum absolute atomic E-state index is 0.0827. The van der Waals surface area contributed by atoms with Crippen LogP contribution in [0.15, 0.2) is 24.3 Å². The number of likely N-dealkylation sites (N-methyl/N-ethyl adjacent to an activating group) is 1. The van der Waals surface area contributed by atoms with Crippen LogP contribution in [0.4, 0.5) is 0 Å². The molecular formula is C23H33ClN4O4. The summed E-state index contributed by atoms with van der Waals surface area (Å²) in [6.07, 6.45) is 2.91. The van der Waals surface area contributed by atoms with E-state index >= 15 is 0 Å². The predicted molar refractivity (Wildman–Crippen MR) is 122 cm³/mol. The molecule has 0 spiro atoms. The molecule has 9 heteroatoms. The molecular weight excluding hydrogens is 432 g/mol. The van der Waals surface area contributed by atoms with E-state index in [1.165, 1.54) is 12.0 Å². The van der Waals surface area contributed by atoms with Crippen molar-refractivity contribution in [3.8, 4) is 0 Å². The summed E-state index contributed by atoms with van der Waals surface area (Å²) in [4.78, 5) is 42.4. The number of carbonyl (C=O) groups is 3. The van der Waals surface area contributed by atoms with Crippen molar-refractivity contribution in [1.29, 1.82) is 0 Å². The van der Waals surface area contributed by atoms with Gasteiger partial charge in [-0.15, -0.1) is 0 Å². The van der Waals surface area contributed by atoms with Crippen molar-refractivity contribution >= 4 is 29.3 Å². The summed E-state index contributed by atoms with van der Waals surface area (Å²) < 4.78 is 5.06. The Hall–Kier alpha value is -2.00. The van der Waals surface area contributed by atoms with Gasteiger partial charge in [-0.3, -0.25) is 30.1 Å². The van der Waals surface area contributed by atoms with Gasteiger partial charge in [0, 0.05) is 50.7 Å². The molecule has 3 amide bonds. The van der Waals surface area contributed by atoms with Crippen LogP contribution in [0.2, 0.25) is 5.02 Å². The molecule has 1 aromatic rings. The van der Waals surface area contributed by atoms with Crippen LogP contribution in [0.3, 0.4) is 0 Å². The number of rotatable bonds is 10. The minimum atomic E-state index is -1.30. The molecule has 0 aliphatic carbocycles. The fourth-order valence-corrected chi connectivity index (χ4v) is 5.00. The molecule has 2 aliphatic heterocycles. The number of nitrogens with zero attached hydrogens (tertiary/aromatic N) is 2. The van der Waals surface area contributed by atoms with Crippen molar-refractivity contribution < 1.29 is 19.1 Å². The van der Waals surface area contributed by atoms with Crippen molar-refractivity contribution in [2.24, 2.45) is 0 Å². The summed E-state index contributed by atoms with van der Waals surface area (Å²) in [5, 5.41) is 0.377. The first-order valence-electron chi connectivity index (χ1n) is 11.2. The van der Waals surface area contributed by atoms with Gasteiger partial charge in [0.25, 0.3) is 0 Å². The highest BCUT2D eigenvalue weighted by molar-refractivity contribution is 6.32. The Balaban J connectivity index is 1.79. The van der Waals surface area contributed by atoms with Crippen LogP contribution in [-0.2, 0) is 24.5 Å². The van der Waals surface area contributed by atoms with Gasteiger partial charge in [0.1, 0.15) is 0 Å². The zero-order chi connectivity index (χ0) is 23.3. The first-order chi connectivity index (χ1) is 15.3. The quantitative estimate of drug-likeness (QED) is 0.514. The van der Waals surface area contributed by atoms with Crippen LogP contribution >= 0.6 is 11.6 Å². The van der Waals surface area contributed by atoms with E-state index in [9.17, 15) is 14.4 Å². The lowest BCUT2D eigenvalue weighted by Crippen LogP contribution is -2.46. The summed E-state index contributed by atoms with van der Waals surface area (Å²) >= 11 is 6.46. The number of hydrazine groups is 1. The number of carbonyl (C=O) groups excluding carboxylic acids is 3. The highest BCUT2D eigenvalue weighted by Crippen LogP contribution is 2.43. The first kappa shape index (κ1) is 24.6. The Morgan fingerprint density at radius 2 is 2.00 bits per heavy atom. The van der Waals surface area contributed by atoms with Crippen molar-refractivity contribution in [3.05, 3.63) is 34.9 Å². The highest BCUT2D eigenvalue weighted by Gasteiger charge is 2.54. The Morgan fingerprint density at radius 1 is 1.28 bits per heavy atom. The van der Waals surface area contributed by atoms with E-state index in [-0.39, 0.29) is 43.8 Å². The van der Waals surface area contributed by atoms with Crippen molar-refractivity contribution in [2.45, 2.75) is 56.5 Å². The van der Waals surface area contributed by atoms with Gasteiger partial charge in [-0.1, -0.05) is 43.1 Å². The lowest BCUT2D eigenvalue weighted by molar-refractivity contribution is -0.143. The second-order valence-corrected chi connectivity index (χ2v) is 9.15. The molecule has 2 N–H and O–H groups in total. The second kappa shape index (κ2) is 10.7. The van der Waals surface area contributed by atoms with E-state index in [2.05, 4.69) is 17.8 Å². The molecule has 0 radical (unpaired) electrons. The van der Waals surface area contributed by atoms with E-state index < -0.39 is 11.3 Å². The van der Waals surface area contributed by atoms with Crippen molar-refractivity contribution in [1.82, 2.24) is 20.7 Å². The summed E-state index contributed by atoms with van der Waals surface area (Å²) in [6, 6.07) is 7.49. The zero-order valence-electron chi connectivity index (χ0n) is 19.0. The van der Waals surface area contributed by atoms with Crippen molar-refractivity contribution in [2.75, 3.05) is 33.9 Å². The number of halogens is 1. The molecule has 8 nitrogen and oxygen atoms in total. The molecule has 176 valence electrons. The molecule has 0 aromatic heterocycles. The van der Waals surface area contributed by atoms with Gasteiger partial charge in [0.05, 0.1) is 18.6 Å². The molecule has 32 heavy (non-hydrogen) atoms. The molecule has 1 aromatic carbocycles. The number of benzene rings is 1. The van der Waals surface area contributed by atoms with Gasteiger partial charge in [0.2, 0.25) is 17.7 Å². The molecule has 2 heterocycles. The maximum absolute atomic E-state index is 13.5.